The van der Waals surface area contributed by atoms with Crippen molar-refractivity contribution in [1.82, 2.24) is 20.5 Å². The predicted octanol–water partition coefficient (Wildman–Crippen LogP) is 5.37. The minimum absolute atomic E-state index is 0.0544. The molecule has 1 saturated heterocycles. The number of carbonyl (C=O) groups excluding carboxylic acids is 1. The smallest absolute Gasteiger partial charge is 0.252 e. The molecule has 3 aromatic rings. The maximum atomic E-state index is 14.6. The van der Waals surface area contributed by atoms with Crippen molar-refractivity contribution in [2.24, 2.45) is 0 Å². The van der Waals surface area contributed by atoms with E-state index in [-0.39, 0.29) is 48.0 Å². The van der Waals surface area contributed by atoms with Crippen molar-refractivity contribution in [1.29, 1.82) is 0 Å². The summed E-state index contributed by atoms with van der Waals surface area (Å²) in [6.45, 7) is 4.60. The third-order valence-corrected chi connectivity index (χ3v) is 9.44. The zero-order valence-corrected chi connectivity index (χ0v) is 27.3. The van der Waals surface area contributed by atoms with E-state index in [1.807, 2.05) is 17.9 Å². The zero-order valence-electron chi connectivity index (χ0n) is 26.5. The van der Waals surface area contributed by atoms with Gasteiger partial charge in [-0.05, 0) is 79.5 Å². The Labute approximate surface area is 279 Å². The molecule has 1 amide bonds. The Morgan fingerprint density at radius 2 is 1.81 bits per heavy atom. The molecule has 11 heteroatoms. The van der Waals surface area contributed by atoms with Crippen LogP contribution in [0.4, 0.5) is 8.78 Å². The van der Waals surface area contributed by atoms with Crippen LogP contribution in [-0.4, -0.2) is 71.9 Å². The average Bonchev–Trinajstić information content (AvgIpc) is 3.92. The van der Waals surface area contributed by atoms with Crippen LogP contribution in [0.25, 0.3) is 5.57 Å². The van der Waals surface area contributed by atoms with E-state index >= 15 is 0 Å². The Bertz CT molecular complexity index is 1620. The molecule has 1 aromatic heterocycles. The number of aliphatic hydroxyl groups excluding tert-OH is 1. The lowest BCUT2D eigenvalue weighted by Crippen LogP contribution is -2.60. The number of hydrogen-bond acceptors (Lipinski definition) is 7. The Hall–Kier alpha value is -3.57. The number of nitrogens with one attached hydrogen (secondary N) is 2. The van der Waals surface area contributed by atoms with Crippen LogP contribution in [0.3, 0.4) is 0 Å². The number of carbonyl (C=O) groups is 1. The van der Waals surface area contributed by atoms with E-state index in [2.05, 4.69) is 39.9 Å². The summed E-state index contributed by atoms with van der Waals surface area (Å²) in [5.74, 6) is -1.07. The van der Waals surface area contributed by atoms with Crippen LogP contribution in [0, 0.1) is 18.6 Å². The minimum Gasteiger partial charge on any atom is -0.489 e. The molecule has 250 valence electrons. The molecule has 8 nitrogen and oxygen atoms in total. The fraction of sp³-hybridized carbons (Fsp3) is 0.444. The highest BCUT2D eigenvalue weighted by atomic mass is 35.5. The SMILES string of the molecule is Cc1c(CN(C(=O)C2=C(c3ccc(CCCOc4c(F)ccc(F)c4Cl)cc3)CC3CNCC2N3)C2CC2)ccnc1OCCCO. The standard InChI is InChI=1S/C36H41ClF2N4O4/c1-22-25(13-14-41-35(22)47-17-3-15-44)21-43(27-9-10-27)36(45)32-28(18-26-19-40-20-31(32)42-26)24-7-5-23(6-8-24)4-2-16-46-34-30(39)12-11-29(38)33(34)37/h5-8,11-14,26-27,31,40,42,44H,2-4,9-10,15-21H2,1H3. The van der Waals surface area contributed by atoms with E-state index in [9.17, 15) is 13.6 Å². The molecule has 3 N–H and O–H groups in total. The Morgan fingerprint density at radius 1 is 1.04 bits per heavy atom. The van der Waals surface area contributed by atoms with Crippen LogP contribution in [0.5, 0.6) is 11.6 Å². The molecular formula is C36H41ClF2N4O4. The van der Waals surface area contributed by atoms with Crippen molar-refractivity contribution in [3.05, 3.63) is 93.1 Å². The van der Waals surface area contributed by atoms with Crippen molar-refractivity contribution in [2.45, 2.75) is 70.1 Å². The van der Waals surface area contributed by atoms with Gasteiger partial charge in [0, 0.05) is 62.1 Å². The molecule has 0 radical (unpaired) electrons. The Morgan fingerprint density at radius 3 is 2.57 bits per heavy atom. The van der Waals surface area contributed by atoms with Gasteiger partial charge in [-0.1, -0.05) is 35.9 Å². The number of aromatic nitrogens is 1. The van der Waals surface area contributed by atoms with Crippen molar-refractivity contribution in [3.8, 4) is 11.6 Å². The summed E-state index contributed by atoms with van der Waals surface area (Å²) in [4.78, 5) is 21.0. The monoisotopic (exact) mass is 666 g/mol. The number of benzene rings is 2. The van der Waals surface area contributed by atoms with Gasteiger partial charge in [-0.15, -0.1) is 0 Å². The molecule has 2 fully saturated rings. The second-order valence-corrected chi connectivity index (χ2v) is 12.9. The van der Waals surface area contributed by atoms with Crippen LogP contribution < -0.4 is 20.1 Å². The van der Waals surface area contributed by atoms with Crippen molar-refractivity contribution < 1.29 is 28.2 Å². The molecule has 6 rings (SSSR count). The molecule has 1 saturated carbocycles. The Balaban J connectivity index is 1.19. The van der Waals surface area contributed by atoms with Gasteiger partial charge >= 0.3 is 0 Å². The molecule has 2 aliphatic heterocycles. The third kappa shape index (κ3) is 7.78. The number of halogens is 3. The number of aryl methyl sites for hydroxylation is 1. The molecule has 2 bridgehead atoms. The lowest BCUT2D eigenvalue weighted by atomic mass is 9.83. The molecule has 2 unspecified atom stereocenters. The number of pyridine rings is 1. The Kier molecular flexibility index (Phi) is 10.7. The largest absolute Gasteiger partial charge is 0.489 e. The first kappa shape index (κ1) is 33.3. The first-order chi connectivity index (χ1) is 22.8. The number of hydrogen-bond donors (Lipinski definition) is 3. The van der Waals surface area contributed by atoms with Gasteiger partial charge in [0.15, 0.2) is 11.6 Å². The molecule has 2 atom stereocenters. The van der Waals surface area contributed by atoms with Gasteiger partial charge in [-0.25, -0.2) is 13.8 Å². The number of nitrogens with zero attached hydrogens (tertiary/aromatic N) is 2. The molecule has 3 aliphatic rings. The highest BCUT2D eigenvalue weighted by Crippen LogP contribution is 2.37. The highest BCUT2D eigenvalue weighted by Gasteiger charge is 2.41. The summed E-state index contributed by atoms with van der Waals surface area (Å²) in [5.41, 5.74) is 5.93. The van der Waals surface area contributed by atoms with Crippen LogP contribution in [0.1, 0.15) is 54.4 Å². The third-order valence-electron chi connectivity index (χ3n) is 9.09. The zero-order chi connectivity index (χ0) is 32.9. The highest BCUT2D eigenvalue weighted by molar-refractivity contribution is 6.32. The summed E-state index contributed by atoms with van der Waals surface area (Å²) in [7, 11) is 0. The maximum Gasteiger partial charge on any atom is 0.252 e. The molecule has 0 spiro atoms. The molecule has 2 aromatic carbocycles. The maximum absolute atomic E-state index is 14.6. The topological polar surface area (TPSA) is 96.0 Å². The quantitative estimate of drug-likeness (QED) is 0.157. The predicted molar refractivity (Wildman–Crippen MR) is 176 cm³/mol. The van der Waals surface area contributed by atoms with Gasteiger partial charge in [0.25, 0.3) is 5.91 Å². The number of ether oxygens (including phenoxy) is 2. The van der Waals surface area contributed by atoms with E-state index in [1.165, 1.54) is 0 Å². The van der Waals surface area contributed by atoms with E-state index in [0.29, 0.717) is 44.8 Å². The second kappa shape index (κ2) is 15.1. The van der Waals surface area contributed by atoms with Crippen LogP contribution in [0.2, 0.25) is 5.02 Å². The van der Waals surface area contributed by atoms with Gasteiger partial charge < -0.3 is 30.1 Å². The number of amides is 1. The summed E-state index contributed by atoms with van der Waals surface area (Å²) in [6.07, 6.45) is 6.23. The van der Waals surface area contributed by atoms with Crippen molar-refractivity contribution in [2.75, 3.05) is 32.9 Å². The van der Waals surface area contributed by atoms with Gasteiger partial charge in [0.2, 0.25) is 5.88 Å². The fourth-order valence-electron chi connectivity index (χ4n) is 6.40. The normalized spacial score (nSPS) is 19.1. The molecular weight excluding hydrogens is 626 g/mol. The van der Waals surface area contributed by atoms with E-state index < -0.39 is 11.6 Å². The lowest BCUT2D eigenvalue weighted by molar-refractivity contribution is -0.128. The number of rotatable bonds is 14. The van der Waals surface area contributed by atoms with E-state index in [0.717, 1.165) is 71.3 Å². The summed E-state index contributed by atoms with van der Waals surface area (Å²) in [5, 5.41) is 16.0. The molecule has 1 aliphatic carbocycles. The van der Waals surface area contributed by atoms with Gasteiger partial charge in [-0.2, -0.15) is 0 Å². The van der Waals surface area contributed by atoms with Crippen LogP contribution in [-0.2, 0) is 17.8 Å². The fourth-order valence-corrected chi connectivity index (χ4v) is 6.61. The summed E-state index contributed by atoms with van der Waals surface area (Å²) >= 11 is 5.88. The number of piperazine rings is 1. The van der Waals surface area contributed by atoms with E-state index in [1.54, 1.807) is 6.20 Å². The van der Waals surface area contributed by atoms with Crippen LogP contribution in [0.15, 0.2) is 54.2 Å². The van der Waals surface area contributed by atoms with Crippen molar-refractivity contribution >= 4 is 23.1 Å². The molecule has 47 heavy (non-hydrogen) atoms. The van der Waals surface area contributed by atoms with Gasteiger partial charge in [0.1, 0.15) is 10.8 Å². The molecule has 3 heterocycles. The van der Waals surface area contributed by atoms with Crippen LogP contribution >= 0.6 is 11.6 Å². The minimum atomic E-state index is -0.717. The van der Waals surface area contributed by atoms with E-state index in [4.69, 9.17) is 26.2 Å². The van der Waals surface area contributed by atoms with Gasteiger partial charge in [-0.3, -0.25) is 4.79 Å². The average molecular weight is 667 g/mol. The summed E-state index contributed by atoms with van der Waals surface area (Å²) < 4.78 is 39.0. The number of fused-ring (bicyclic) bond motifs is 2. The van der Waals surface area contributed by atoms with Gasteiger partial charge in [0.05, 0.1) is 19.3 Å². The number of aliphatic hydroxyl groups is 1. The summed E-state index contributed by atoms with van der Waals surface area (Å²) in [6, 6.07) is 12.6. The lowest BCUT2D eigenvalue weighted by Gasteiger charge is -2.41. The first-order valence-corrected chi connectivity index (χ1v) is 16.8. The second-order valence-electron chi connectivity index (χ2n) is 12.5. The van der Waals surface area contributed by atoms with Crippen molar-refractivity contribution in [3.63, 3.8) is 0 Å². The first-order valence-electron chi connectivity index (χ1n) is 16.4.